The lowest BCUT2D eigenvalue weighted by molar-refractivity contribution is -0.138. The first-order chi connectivity index (χ1) is 17.5. The first kappa shape index (κ1) is 28.8. The molecule has 2 aromatic rings. The standard InChI is InChI=1S/C26H31N3O8/c27-25(36)20(5-2-6-23(32)33)29-26(37)21(12-14-24(34)35)28-22(31)13-9-16-7-10-17(11-8-16)18-3-1-4-19(30)15-18/h1,3-4,7-8,10-11,15,20-21,30H,2,5-6,9,12-14H2,(H2,27,36)(H,28,31)(H,29,37)(H,32,33)(H,34,35). The molecule has 0 fully saturated rings. The Bertz CT molecular complexity index is 1120. The molecule has 2 unspecified atom stereocenters. The number of carbonyl (C=O) groups excluding carboxylic acids is 3. The predicted octanol–water partition coefficient (Wildman–Crippen LogP) is 1.57. The Morgan fingerprint density at radius 1 is 0.784 bits per heavy atom. The van der Waals surface area contributed by atoms with E-state index in [2.05, 4.69) is 10.6 Å². The Morgan fingerprint density at radius 3 is 2.05 bits per heavy atom. The number of benzene rings is 2. The van der Waals surface area contributed by atoms with E-state index >= 15 is 0 Å². The Morgan fingerprint density at radius 2 is 1.46 bits per heavy atom. The van der Waals surface area contributed by atoms with Crippen LogP contribution in [0.25, 0.3) is 11.1 Å². The number of aliphatic carboxylic acids is 2. The summed E-state index contributed by atoms with van der Waals surface area (Å²) in [5, 5.41) is 32.3. The molecule has 2 rings (SSSR count). The van der Waals surface area contributed by atoms with Crippen LogP contribution in [0.15, 0.2) is 48.5 Å². The summed E-state index contributed by atoms with van der Waals surface area (Å²) in [4.78, 5) is 58.6. The molecule has 2 aromatic carbocycles. The van der Waals surface area contributed by atoms with Crippen molar-refractivity contribution in [2.45, 2.75) is 57.0 Å². The van der Waals surface area contributed by atoms with Gasteiger partial charge in [0.1, 0.15) is 17.8 Å². The van der Waals surface area contributed by atoms with Gasteiger partial charge in [-0.2, -0.15) is 0 Å². The monoisotopic (exact) mass is 513 g/mol. The van der Waals surface area contributed by atoms with Gasteiger partial charge in [-0.25, -0.2) is 0 Å². The normalized spacial score (nSPS) is 12.2. The molecule has 0 spiro atoms. The SMILES string of the molecule is NC(=O)C(CCCC(=O)O)NC(=O)C(CCC(=O)O)NC(=O)CCc1ccc(-c2cccc(O)c2)cc1. The molecule has 11 nitrogen and oxygen atoms in total. The first-order valence-electron chi connectivity index (χ1n) is 11.8. The molecule has 7 N–H and O–H groups in total. The minimum Gasteiger partial charge on any atom is -0.508 e. The zero-order valence-electron chi connectivity index (χ0n) is 20.2. The molecule has 0 aromatic heterocycles. The van der Waals surface area contributed by atoms with Crippen molar-refractivity contribution in [3.63, 3.8) is 0 Å². The molecule has 2 atom stereocenters. The molecule has 0 saturated carbocycles. The number of carboxylic acid groups (broad SMARTS) is 2. The second-order valence-corrected chi connectivity index (χ2v) is 8.55. The smallest absolute Gasteiger partial charge is 0.303 e. The second-order valence-electron chi connectivity index (χ2n) is 8.55. The van der Waals surface area contributed by atoms with Crippen LogP contribution in [0.1, 0.15) is 44.1 Å². The van der Waals surface area contributed by atoms with Gasteiger partial charge in [0.15, 0.2) is 0 Å². The molecule has 11 heteroatoms. The average Bonchev–Trinajstić information content (AvgIpc) is 2.84. The number of aryl methyl sites for hydroxylation is 1. The summed E-state index contributed by atoms with van der Waals surface area (Å²) in [7, 11) is 0. The van der Waals surface area contributed by atoms with E-state index in [9.17, 15) is 29.1 Å². The largest absolute Gasteiger partial charge is 0.508 e. The van der Waals surface area contributed by atoms with Gasteiger partial charge in [-0.15, -0.1) is 0 Å². The Hall–Kier alpha value is -4.41. The van der Waals surface area contributed by atoms with Gasteiger partial charge in [-0.3, -0.25) is 24.0 Å². The Labute approximate surface area is 213 Å². The topological polar surface area (TPSA) is 196 Å². The van der Waals surface area contributed by atoms with E-state index in [1.807, 2.05) is 30.3 Å². The van der Waals surface area contributed by atoms with Crippen LogP contribution in [-0.4, -0.2) is 57.1 Å². The summed E-state index contributed by atoms with van der Waals surface area (Å²) >= 11 is 0. The molecule has 0 aliphatic heterocycles. The van der Waals surface area contributed by atoms with Crippen LogP contribution in [0.4, 0.5) is 0 Å². The van der Waals surface area contributed by atoms with Gasteiger partial charge >= 0.3 is 11.9 Å². The van der Waals surface area contributed by atoms with Crippen molar-refractivity contribution >= 4 is 29.7 Å². The van der Waals surface area contributed by atoms with Crippen LogP contribution < -0.4 is 16.4 Å². The van der Waals surface area contributed by atoms with Crippen molar-refractivity contribution in [2.75, 3.05) is 0 Å². The van der Waals surface area contributed by atoms with E-state index in [1.54, 1.807) is 18.2 Å². The number of phenols is 1. The minimum absolute atomic E-state index is 0.00837. The summed E-state index contributed by atoms with van der Waals surface area (Å²) < 4.78 is 0. The van der Waals surface area contributed by atoms with Crippen LogP contribution >= 0.6 is 0 Å². The molecule has 0 bridgehead atoms. The molecule has 0 saturated heterocycles. The highest BCUT2D eigenvalue weighted by Gasteiger charge is 2.26. The van der Waals surface area contributed by atoms with Gasteiger partial charge in [-0.05, 0) is 54.5 Å². The van der Waals surface area contributed by atoms with Crippen LogP contribution in [0.3, 0.4) is 0 Å². The van der Waals surface area contributed by atoms with Crippen LogP contribution in [0.5, 0.6) is 5.75 Å². The maximum Gasteiger partial charge on any atom is 0.303 e. The molecule has 198 valence electrons. The van der Waals surface area contributed by atoms with Crippen molar-refractivity contribution in [1.29, 1.82) is 0 Å². The molecule has 37 heavy (non-hydrogen) atoms. The van der Waals surface area contributed by atoms with E-state index in [0.29, 0.717) is 6.42 Å². The van der Waals surface area contributed by atoms with Gasteiger partial charge in [0.05, 0.1) is 0 Å². The van der Waals surface area contributed by atoms with E-state index in [-0.39, 0.29) is 37.9 Å². The first-order valence-corrected chi connectivity index (χ1v) is 11.8. The maximum atomic E-state index is 12.7. The van der Waals surface area contributed by atoms with E-state index < -0.39 is 48.2 Å². The third-order valence-corrected chi connectivity index (χ3v) is 5.62. The summed E-state index contributed by atoms with van der Waals surface area (Å²) in [5.74, 6) is -4.19. The van der Waals surface area contributed by atoms with E-state index in [0.717, 1.165) is 16.7 Å². The molecular weight excluding hydrogens is 482 g/mol. The number of hydrogen-bond donors (Lipinski definition) is 6. The number of primary amides is 1. The highest BCUT2D eigenvalue weighted by molar-refractivity contribution is 5.92. The minimum atomic E-state index is -1.21. The molecule has 3 amide bonds. The highest BCUT2D eigenvalue weighted by Crippen LogP contribution is 2.23. The van der Waals surface area contributed by atoms with Crippen molar-refractivity contribution in [1.82, 2.24) is 10.6 Å². The molecule has 0 heterocycles. The number of nitrogens with one attached hydrogen (secondary N) is 2. The zero-order valence-corrected chi connectivity index (χ0v) is 20.2. The van der Waals surface area contributed by atoms with Crippen LogP contribution in [-0.2, 0) is 30.4 Å². The van der Waals surface area contributed by atoms with Crippen molar-refractivity contribution in [3.05, 3.63) is 54.1 Å². The van der Waals surface area contributed by atoms with Crippen molar-refractivity contribution < 1.29 is 39.3 Å². The fraction of sp³-hybridized carbons (Fsp3) is 0.346. The Kier molecular flexibility index (Phi) is 11.1. The molecule has 0 aliphatic carbocycles. The van der Waals surface area contributed by atoms with Gasteiger partial charge in [0.25, 0.3) is 0 Å². The zero-order chi connectivity index (χ0) is 27.4. The maximum absolute atomic E-state index is 12.7. The van der Waals surface area contributed by atoms with Crippen molar-refractivity contribution in [2.24, 2.45) is 5.73 Å². The van der Waals surface area contributed by atoms with Crippen LogP contribution in [0, 0.1) is 0 Å². The van der Waals surface area contributed by atoms with Crippen LogP contribution in [0.2, 0.25) is 0 Å². The fourth-order valence-electron chi connectivity index (χ4n) is 3.63. The number of rotatable bonds is 15. The predicted molar refractivity (Wildman–Crippen MR) is 133 cm³/mol. The third kappa shape index (κ3) is 10.4. The van der Waals surface area contributed by atoms with Crippen molar-refractivity contribution in [3.8, 4) is 16.9 Å². The molecule has 0 aliphatic rings. The van der Waals surface area contributed by atoms with E-state index in [1.165, 1.54) is 0 Å². The fourth-order valence-corrected chi connectivity index (χ4v) is 3.63. The summed E-state index contributed by atoms with van der Waals surface area (Å²) in [6.45, 7) is 0. The van der Waals surface area contributed by atoms with E-state index in [4.69, 9.17) is 15.9 Å². The number of nitrogens with two attached hydrogens (primary N) is 1. The summed E-state index contributed by atoms with van der Waals surface area (Å²) in [6, 6.07) is 11.9. The number of carbonyl (C=O) groups is 5. The van der Waals surface area contributed by atoms with Gasteiger partial charge in [0.2, 0.25) is 17.7 Å². The number of phenolic OH excluding ortho intramolecular Hbond substituents is 1. The number of hydrogen-bond acceptors (Lipinski definition) is 6. The lowest BCUT2D eigenvalue weighted by Crippen LogP contribution is -2.53. The lowest BCUT2D eigenvalue weighted by atomic mass is 10.0. The summed E-state index contributed by atoms with van der Waals surface area (Å²) in [5.41, 5.74) is 7.89. The molecule has 0 radical (unpaired) electrons. The quantitative estimate of drug-likeness (QED) is 0.206. The number of aromatic hydroxyl groups is 1. The summed E-state index contributed by atoms with van der Waals surface area (Å²) in [6.07, 6.45) is -0.335. The third-order valence-electron chi connectivity index (χ3n) is 5.62. The van der Waals surface area contributed by atoms with Gasteiger partial charge in [-0.1, -0.05) is 36.4 Å². The average molecular weight is 514 g/mol. The highest BCUT2D eigenvalue weighted by atomic mass is 16.4. The van der Waals surface area contributed by atoms with Gasteiger partial charge in [0, 0.05) is 19.3 Å². The lowest BCUT2D eigenvalue weighted by Gasteiger charge is -2.21. The second kappa shape index (κ2) is 14.2. The molecular formula is C26H31N3O8. The number of amides is 3. The van der Waals surface area contributed by atoms with Gasteiger partial charge < -0.3 is 31.7 Å². The Balaban J connectivity index is 1.96. The number of carboxylic acids is 2.